The lowest BCUT2D eigenvalue weighted by Gasteiger charge is -2.44. The lowest BCUT2D eigenvalue weighted by Crippen LogP contribution is -2.59. The van der Waals surface area contributed by atoms with Gasteiger partial charge in [0.2, 0.25) is 0 Å². The van der Waals surface area contributed by atoms with Crippen LogP contribution < -0.4 is 4.90 Å². The van der Waals surface area contributed by atoms with E-state index in [9.17, 15) is 9.90 Å². The third kappa shape index (κ3) is 4.13. The number of likely N-dealkylation sites (tertiary alicyclic amines) is 1. The lowest BCUT2D eigenvalue weighted by molar-refractivity contribution is -0.0219. The van der Waals surface area contributed by atoms with E-state index in [2.05, 4.69) is 33.9 Å². The van der Waals surface area contributed by atoms with Crippen molar-refractivity contribution in [1.82, 2.24) is 14.7 Å². The number of β-amino-alcohol motifs (C(OH)–C–C–N with tert-alkyl or cyclic N) is 1. The molecule has 1 N–H and O–H groups in total. The van der Waals surface area contributed by atoms with Gasteiger partial charge in [-0.25, -0.2) is 0 Å². The van der Waals surface area contributed by atoms with Crippen LogP contribution >= 0.6 is 0 Å². The third-order valence-electron chi connectivity index (χ3n) is 6.43. The number of aliphatic hydroxyl groups is 1. The highest BCUT2D eigenvalue weighted by molar-refractivity contribution is 5.94. The van der Waals surface area contributed by atoms with Gasteiger partial charge in [0.15, 0.2) is 0 Å². The van der Waals surface area contributed by atoms with Gasteiger partial charge in [0.1, 0.15) is 0 Å². The standard InChI is InChI=1S/C21H32N4O2/c1-22-12-14-24(15-13-22)19-8-11-25(16-20(19)26)21(27)17-4-6-18(7-5-17)23-9-2-3-10-23/h4-7,19-20,26H,2-3,8-16H2,1H3/t19-,20-/m1/s1. The van der Waals surface area contributed by atoms with Gasteiger partial charge in [-0.05, 0) is 50.6 Å². The SMILES string of the molecule is CN1CCN([C@@H]2CCN(C(=O)c3ccc(N4CCCC4)cc3)C[C@H]2O)CC1. The number of rotatable bonds is 3. The van der Waals surface area contributed by atoms with Crippen LogP contribution in [0.1, 0.15) is 29.6 Å². The highest BCUT2D eigenvalue weighted by atomic mass is 16.3. The summed E-state index contributed by atoms with van der Waals surface area (Å²) in [6, 6.07) is 8.18. The smallest absolute Gasteiger partial charge is 0.253 e. The molecule has 3 fully saturated rings. The van der Waals surface area contributed by atoms with E-state index in [4.69, 9.17) is 0 Å². The molecule has 3 heterocycles. The predicted molar refractivity (Wildman–Crippen MR) is 107 cm³/mol. The van der Waals surface area contributed by atoms with Gasteiger partial charge in [0, 0.05) is 69.7 Å². The molecular formula is C21H32N4O2. The van der Waals surface area contributed by atoms with Crippen LogP contribution in [-0.2, 0) is 0 Å². The molecule has 2 atom stereocenters. The van der Waals surface area contributed by atoms with Crippen LogP contribution in [0.2, 0.25) is 0 Å². The molecule has 148 valence electrons. The van der Waals surface area contributed by atoms with E-state index in [1.807, 2.05) is 17.0 Å². The Balaban J connectivity index is 1.34. The second-order valence-electron chi connectivity index (χ2n) is 8.25. The molecule has 3 saturated heterocycles. The Morgan fingerprint density at radius 1 is 0.963 bits per heavy atom. The second kappa shape index (κ2) is 8.17. The van der Waals surface area contributed by atoms with E-state index in [-0.39, 0.29) is 11.9 Å². The Hall–Kier alpha value is -1.63. The first-order valence-corrected chi connectivity index (χ1v) is 10.4. The van der Waals surface area contributed by atoms with Crippen molar-refractivity contribution in [3.63, 3.8) is 0 Å². The minimum Gasteiger partial charge on any atom is -0.390 e. The summed E-state index contributed by atoms with van der Waals surface area (Å²) in [5, 5.41) is 10.7. The molecule has 3 aliphatic heterocycles. The zero-order chi connectivity index (χ0) is 18.8. The number of amides is 1. The topological polar surface area (TPSA) is 50.3 Å². The number of piperazine rings is 1. The van der Waals surface area contributed by atoms with E-state index in [0.29, 0.717) is 6.54 Å². The molecular weight excluding hydrogens is 340 g/mol. The maximum atomic E-state index is 12.9. The van der Waals surface area contributed by atoms with Crippen molar-refractivity contribution in [2.75, 3.05) is 64.3 Å². The molecule has 27 heavy (non-hydrogen) atoms. The first-order chi connectivity index (χ1) is 13.1. The molecule has 0 spiro atoms. The fourth-order valence-corrected chi connectivity index (χ4v) is 4.66. The fraction of sp³-hybridized carbons (Fsp3) is 0.667. The van der Waals surface area contributed by atoms with Crippen LogP contribution in [0.3, 0.4) is 0 Å². The van der Waals surface area contributed by atoms with Gasteiger partial charge in [0.05, 0.1) is 6.10 Å². The van der Waals surface area contributed by atoms with Crippen molar-refractivity contribution in [3.8, 4) is 0 Å². The molecule has 0 saturated carbocycles. The van der Waals surface area contributed by atoms with Crippen molar-refractivity contribution >= 4 is 11.6 Å². The molecule has 6 heteroatoms. The van der Waals surface area contributed by atoms with E-state index in [1.54, 1.807) is 0 Å². The van der Waals surface area contributed by atoms with Crippen LogP contribution in [0.25, 0.3) is 0 Å². The molecule has 1 amide bonds. The maximum Gasteiger partial charge on any atom is 0.253 e. The summed E-state index contributed by atoms with van der Waals surface area (Å²) >= 11 is 0. The summed E-state index contributed by atoms with van der Waals surface area (Å²) in [5.74, 6) is 0.0406. The zero-order valence-corrected chi connectivity index (χ0v) is 16.4. The fourth-order valence-electron chi connectivity index (χ4n) is 4.66. The number of aliphatic hydroxyl groups excluding tert-OH is 1. The molecule has 0 aromatic heterocycles. The van der Waals surface area contributed by atoms with Crippen LogP contribution in [0, 0.1) is 0 Å². The number of likely N-dealkylation sites (N-methyl/N-ethyl adjacent to an activating group) is 1. The third-order valence-corrected chi connectivity index (χ3v) is 6.43. The summed E-state index contributed by atoms with van der Waals surface area (Å²) in [6.45, 7) is 7.49. The highest BCUT2D eigenvalue weighted by Gasteiger charge is 2.35. The molecule has 4 rings (SSSR count). The number of piperidine rings is 1. The molecule has 1 aromatic carbocycles. The van der Waals surface area contributed by atoms with Crippen LogP contribution in [-0.4, -0.2) is 97.3 Å². The first-order valence-electron chi connectivity index (χ1n) is 10.4. The maximum absolute atomic E-state index is 12.9. The minimum atomic E-state index is -0.463. The Labute approximate surface area is 162 Å². The molecule has 0 bridgehead atoms. The largest absolute Gasteiger partial charge is 0.390 e. The monoisotopic (exact) mass is 372 g/mol. The summed E-state index contributed by atoms with van der Waals surface area (Å²) in [5.41, 5.74) is 1.93. The Morgan fingerprint density at radius 3 is 2.26 bits per heavy atom. The number of hydrogen-bond acceptors (Lipinski definition) is 5. The summed E-state index contributed by atoms with van der Waals surface area (Å²) in [6.07, 6.45) is 2.89. The number of carbonyl (C=O) groups is 1. The van der Waals surface area contributed by atoms with Gasteiger partial charge in [-0.15, -0.1) is 0 Å². The Bertz CT molecular complexity index is 636. The molecule has 0 aliphatic carbocycles. The van der Waals surface area contributed by atoms with Crippen molar-refractivity contribution in [3.05, 3.63) is 29.8 Å². The zero-order valence-electron chi connectivity index (χ0n) is 16.4. The van der Waals surface area contributed by atoms with Gasteiger partial charge >= 0.3 is 0 Å². The number of anilines is 1. The quantitative estimate of drug-likeness (QED) is 0.861. The molecule has 3 aliphatic rings. The van der Waals surface area contributed by atoms with Crippen molar-refractivity contribution in [2.24, 2.45) is 0 Å². The van der Waals surface area contributed by atoms with E-state index >= 15 is 0 Å². The van der Waals surface area contributed by atoms with Crippen LogP contribution in [0.5, 0.6) is 0 Å². The van der Waals surface area contributed by atoms with E-state index < -0.39 is 6.10 Å². The highest BCUT2D eigenvalue weighted by Crippen LogP contribution is 2.23. The molecule has 0 radical (unpaired) electrons. The van der Waals surface area contributed by atoms with Gasteiger partial charge in [0.25, 0.3) is 5.91 Å². The summed E-state index contributed by atoms with van der Waals surface area (Å²) in [7, 11) is 2.14. The number of hydrogen-bond donors (Lipinski definition) is 1. The minimum absolute atomic E-state index is 0.0406. The number of nitrogens with zero attached hydrogens (tertiary/aromatic N) is 4. The summed E-state index contributed by atoms with van der Waals surface area (Å²) in [4.78, 5) is 21.8. The first kappa shape index (κ1) is 18.7. The number of carbonyl (C=O) groups excluding carboxylic acids is 1. The average molecular weight is 373 g/mol. The van der Waals surface area contributed by atoms with Gasteiger partial charge in [-0.3, -0.25) is 9.69 Å². The van der Waals surface area contributed by atoms with Crippen molar-refractivity contribution in [2.45, 2.75) is 31.4 Å². The summed E-state index contributed by atoms with van der Waals surface area (Å²) < 4.78 is 0. The average Bonchev–Trinajstić information content (AvgIpc) is 3.23. The Morgan fingerprint density at radius 2 is 1.63 bits per heavy atom. The van der Waals surface area contributed by atoms with Crippen LogP contribution in [0.4, 0.5) is 5.69 Å². The molecule has 1 aromatic rings. The second-order valence-corrected chi connectivity index (χ2v) is 8.25. The van der Waals surface area contributed by atoms with E-state index in [1.165, 1.54) is 18.5 Å². The van der Waals surface area contributed by atoms with Gasteiger partial charge < -0.3 is 19.8 Å². The van der Waals surface area contributed by atoms with Crippen LogP contribution in [0.15, 0.2) is 24.3 Å². The predicted octanol–water partition coefficient (Wildman–Crippen LogP) is 1.11. The number of benzene rings is 1. The van der Waals surface area contributed by atoms with Gasteiger partial charge in [-0.2, -0.15) is 0 Å². The van der Waals surface area contributed by atoms with Crippen molar-refractivity contribution < 1.29 is 9.90 Å². The molecule has 6 nitrogen and oxygen atoms in total. The molecule has 0 unspecified atom stereocenters. The Kier molecular flexibility index (Phi) is 5.66. The van der Waals surface area contributed by atoms with Gasteiger partial charge in [-0.1, -0.05) is 0 Å². The lowest BCUT2D eigenvalue weighted by atomic mass is 9.98. The normalized spacial score (nSPS) is 27.9. The van der Waals surface area contributed by atoms with Crippen molar-refractivity contribution in [1.29, 1.82) is 0 Å². The van der Waals surface area contributed by atoms with E-state index in [0.717, 1.165) is 57.8 Å².